The van der Waals surface area contributed by atoms with Crippen molar-refractivity contribution in [3.05, 3.63) is 102 Å². The second-order valence-electron chi connectivity index (χ2n) is 21.7. The third kappa shape index (κ3) is 10.8. The number of carbonyl (C=O) groups is 4. The standard InChI is InChI=1S/C57H74O11/c1-38(36-45(67-49(60)28-34-64-40-20-14-10-15-21-40)52(54(4,5)62)68-50(61)29-35-65-41-22-16-11-17-23-41)42-24-31-56(7)43(42)37-44(66-48(59)27-33-63-39-18-12-9-13-19-39)51-55(6)30-26-47(58)53(2,3)46(55)25-32-57(51,56)8/h9-23,38,44-46,51-52,62H,24-37H2,1-8H3/t38-,44+,45+,46+,51+,52-,55+,56+,57+/m1/s1. The minimum absolute atomic E-state index is 0.000169. The van der Waals surface area contributed by atoms with Gasteiger partial charge in [0.05, 0.1) is 44.7 Å². The van der Waals surface area contributed by atoms with Crippen molar-refractivity contribution in [1.82, 2.24) is 0 Å². The number of carbonyl (C=O) groups excluding carboxylic acids is 4. The molecule has 3 aromatic rings. The quantitative estimate of drug-likeness (QED) is 0.0657. The molecule has 0 heterocycles. The van der Waals surface area contributed by atoms with Crippen LogP contribution in [0.2, 0.25) is 0 Å². The van der Waals surface area contributed by atoms with E-state index >= 15 is 0 Å². The molecule has 11 nitrogen and oxygen atoms in total. The molecule has 1 N–H and O–H groups in total. The number of aliphatic hydroxyl groups is 1. The Hall–Kier alpha value is -5.16. The highest BCUT2D eigenvalue weighted by Crippen LogP contribution is 2.74. The van der Waals surface area contributed by atoms with E-state index in [0.717, 1.165) is 32.1 Å². The normalized spacial score (nSPS) is 27.6. The maximum absolute atomic E-state index is 14.0. The molecular formula is C57H74O11. The maximum Gasteiger partial charge on any atom is 0.309 e. The molecule has 0 radical (unpaired) electrons. The molecule has 0 amide bonds. The largest absolute Gasteiger partial charge is 0.493 e. The second-order valence-corrected chi connectivity index (χ2v) is 21.7. The van der Waals surface area contributed by atoms with Crippen molar-refractivity contribution in [3.8, 4) is 17.2 Å². The van der Waals surface area contributed by atoms with E-state index in [4.69, 9.17) is 28.4 Å². The first-order chi connectivity index (χ1) is 32.3. The van der Waals surface area contributed by atoms with Crippen LogP contribution in [-0.2, 0) is 33.4 Å². The zero-order chi connectivity index (χ0) is 48.9. The Kier molecular flexibility index (Phi) is 15.5. The molecule has 3 saturated carbocycles. The van der Waals surface area contributed by atoms with Gasteiger partial charge in [-0.2, -0.15) is 0 Å². The summed E-state index contributed by atoms with van der Waals surface area (Å²) in [5.74, 6) is 0.767. The van der Waals surface area contributed by atoms with Crippen molar-refractivity contribution in [2.24, 2.45) is 39.4 Å². The lowest BCUT2D eigenvalue weighted by molar-refractivity contribution is -0.218. The lowest BCUT2D eigenvalue weighted by Crippen LogP contribution is -2.66. The number of fused-ring (bicyclic) bond motifs is 5. The summed E-state index contributed by atoms with van der Waals surface area (Å²) in [7, 11) is 0. The highest BCUT2D eigenvalue weighted by molar-refractivity contribution is 5.85. The average molecular weight is 935 g/mol. The Balaban J connectivity index is 1.17. The van der Waals surface area contributed by atoms with Gasteiger partial charge < -0.3 is 33.5 Å². The van der Waals surface area contributed by atoms with Crippen molar-refractivity contribution in [2.75, 3.05) is 19.8 Å². The Morgan fingerprint density at radius 1 is 0.691 bits per heavy atom. The molecule has 0 aliphatic heterocycles. The number of ether oxygens (including phenoxy) is 6. The number of hydrogen-bond acceptors (Lipinski definition) is 11. The van der Waals surface area contributed by atoms with Gasteiger partial charge in [-0.15, -0.1) is 0 Å². The Labute approximate surface area is 403 Å². The zero-order valence-electron chi connectivity index (χ0n) is 41.6. The smallest absolute Gasteiger partial charge is 0.309 e. The van der Waals surface area contributed by atoms with E-state index in [-0.39, 0.29) is 85.5 Å². The zero-order valence-corrected chi connectivity index (χ0v) is 41.6. The SMILES string of the molecule is C[C@H](C[C@H](OC(=O)CCOc1ccccc1)[C@@H](OC(=O)CCOc1ccccc1)C(C)(C)O)C1=C2C[C@H](OC(=O)CCOc3ccccc3)[C@H]3[C@@]4(C)CCC(=O)C(C)(C)[C@@H]4CC[C@]3(C)[C@@]2(C)CC1. The first kappa shape index (κ1) is 50.7. The molecule has 4 aliphatic carbocycles. The van der Waals surface area contributed by atoms with Crippen LogP contribution < -0.4 is 14.2 Å². The van der Waals surface area contributed by atoms with E-state index in [9.17, 15) is 24.3 Å². The van der Waals surface area contributed by atoms with Crippen LogP contribution in [0.15, 0.2) is 102 Å². The van der Waals surface area contributed by atoms with Crippen molar-refractivity contribution in [2.45, 2.75) is 150 Å². The van der Waals surface area contributed by atoms with Gasteiger partial charge in [0.15, 0.2) is 6.10 Å². The number of ketones is 1. The Bertz CT molecular complexity index is 2250. The van der Waals surface area contributed by atoms with Crippen LogP contribution in [0.25, 0.3) is 0 Å². The molecule has 9 atom stereocenters. The molecule has 7 rings (SSSR count). The molecular weight excluding hydrogens is 861 g/mol. The van der Waals surface area contributed by atoms with Crippen LogP contribution in [0.5, 0.6) is 17.2 Å². The van der Waals surface area contributed by atoms with Crippen molar-refractivity contribution in [1.29, 1.82) is 0 Å². The van der Waals surface area contributed by atoms with E-state index in [1.807, 2.05) is 78.9 Å². The summed E-state index contributed by atoms with van der Waals surface area (Å²) in [4.78, 5) is 54.9. The lowest BCUT2D eigenvalue weighted by atomic mass is 9.36. The number of rotatable bonds is 20. The molecule has 368 valence electrons. The number of hydrogen-bond donors (Lipinski definition) is 1. The van der Waals surface area contributed by atoms with Gasteiger partial charge in [0.25, 0.3) is 0 Å². The van der Waals surface area contributed by atoms with E-state index in [1.54, 1.807) is 26.0 Å². The molecule has 68 heavy (non-hydrogen) atoms. The van der Waals surface area contributed by atoms with Crippen LogP contribution >= 0.6 is 0 Å². The molecule has 4 aliphatic rings. The van der Waals surface area contributed by atoms with E-state index in [0.29, 0.717) is 35.9 Å². The van der Waals surface area contributed by atoms with Gasteiger partial charge >= 0.3 is 17.9 Å². The minimum Gasteiger partial charge on any atom is -0.493 e. The fourth-order valence-corrected chi connectivity index (χ4v) is 13.1. The number of Topliss-reactive ketones (excluding diaryl/α,β-unsaturated/α-hetero) is 1. The summed E-state index contributed by atoms with van der Waals surface area (Å²) in [6.45, 7) is 17.0. The summed E-state index contributed by atoms with van der Waals surface area (Å²) < 4.78 is 36.6. The topological polar surface area (TPSA) is 144 Å². The molecule has 11 heteroatoms. The predicted molar refractivity (Wildman–Crippen MR) is 259 cm³/mol. The highest BCUT2D eigenvalue weighted by atomic mass is 16.6. The fourth-order valence-electron chi connectivity index (χ4n) is 13.1. The number of allylic oxidation sites excluding steroid dienone is 1. The van der Waals surface area contributed by atoms with E-state index in [2.05, 4.69) is 41.5 Å². The summed E-state index contributed by atoms with van der Waals surface area (Å²) in [5, 5.41) is 11.7. The minimum atomic E-state index is -1.60. The van der Waals surface area contributed by atoms with E-state index in [1.165, 1.54) is 11.1 Å². The third-order valence-corrected chi connectivity index (χ3v) is 16.6. The summed E-state index contributed by atoms with van der Waals surface area (Å²) in [6, 6.07) is 27.8. The molecule has 0 spiro atoms. The lowest BCUT2D eigenvalue weighted by Gasteiger charge is -2.69. The van der Waals surface area contributed by atoms with Gasteiger partial charge in [0, 0.05) is 24.2 Å². The van der Waals surface area contributed by atoms with Gasteiger partial charge in [-0.05, 0) is 117 Å². The Morgan fingerprint density at radius 2 is 1.19 bits per heavy atom. The Morgan fingerprint density at radius 3 is 1.71 bits per heavy atom. The fraction of sp³-hybridized carbons (Fsp3) is 0.579. The van der Waals surface area contributed by atoms with Gasteiger partial charge in [-0.25, -0.2) is 0 Å². The van der Waals surface area contributed by atoms with Crippen LogP contribution in [0, 0.1) is 39.4 Å². The van der Waals surface area contributed by atoms with Gasteiger partial charge in [-0.1, -0.05) is 107 Å². The van der Waals surface area contributed by atoms with Crippen molar-refractivity contribution < 1.29 is 52.7 Å². The van der Waals surface area contributed by atoms with Crippen LogP contribution in [0.3, 0.4) is 0 Å². The summed E-state index contributed by atoms with van der Waals surface area (Å²) in [6.07, 6.45) is 2.83. The van der Waals surface area contributed by atoms with Crippen molar-refractivity contribution >= 4 is 23.7 Å². The van der Waals surface area contributed by atoms with Crippen LogP contribution in [0.1, 0.15) is 126 Å². The first-order valence-corrected chi connectivity index (χ1v) is 24.9. The number of benzene rings is 3. The molecule has 0 unspecified atom stereocenters. The van der Waals surface area contributed by atoms with Crippen molar-refractivity contribution in [3.63, 3.8) is 0 Å². The molecule has 3 aromatic carbocycles. The second kappa shape index (κ2) is 20.8. The number of esters is 3. The van der Waals surface area contributed by atoms with Crippen LogP contribution in [0.4, 0.5) is 0 Å². The van der Waals surface area contributed by atoms with Crippen LogP contribution in [-0.4, -0.2) is 72.5 Å². The highest BCUT2D eigenvalue weighted by Gasteiger charge is 2.70. The van der Waals surface area contributed by atoms with Gasteiger partial charge in [-0.3, -0.25) is 19.2 Å². The first-order valence-electron chi connectivity index (χ1n) is 24.9. The molecule has 0 bridgehead atoms. The number of para-hydroxylation sites is 3. The van der Waals surface area contributed by atoms with E-state index < -0.39 is 41.3 Å². The monoisotopic (exact) mass is 935 g/mol. The maximum atomic E-state index is 14.0. The molecule has 3 fully saturated rings. The predicted octanol–water partition coefficient (Wildman–Crippen LogP) is 10.9. The van der Waals surface area contributed by atoms with Gasteiger partial charge in [0.2, 0.25) is 0 Å². The molecule has 0 aromatic heterocycles. The summed E-state index contributed by atoms with van der Waals surface area (Å²) >= 11 is 0. The molecule has 0 saturated heterocycles. The third-order valence-electron chi connectivity index (χ3n) is 16.6. The summed E-state index contributed by atoms with van der Waals surface area (Å²) in [5.41, 5.74) is -0.368. The van der Waals surface area contributed by atoms with Gasteiger partial charge in [0.1, 0.15) is 35.2 Å². The average Bonchev–Trinajstić information content (AvgIpc) is 3.65.